The number of pyridine rings is 1. The molecule has 4 aromatic heterocycles. The van der Waals surface area contributed by atoms with Crippen LogP contribution in [0, 0.1) is 17.1 Å². The highest BCUT2D eigenvalue weighted by molar-refractivity contribution is 5.98. The van der Waals surface area contributed by atoms with Crippen LogP contribution in [0.2, 0.25) is 0 Å². The minimum Gasteiger partial charge on any atom is -0.508 e. The van der Waals surface area contributed by atoms with Gasteiger partial charge in [-0.05, 0) is 44.2 Å². The Labute approximate surface area is 218 Å². The molecule has 0 spiro atoms. The Bertz CT molecular complexity index is 1800. The summed E-state index contributed by atoms with van der Waals surface area (Å²) in [6, 6.07) is 13.4. The van der Waals surface area contributed by atoms with Crippen molar-refractivity contribution in [1.82, 2.24) is 24.1 Å². The van der Waals surface area contributed by atoms with Gasteiger partial charge in [-0.2, -0.15) is 10.4 Å². The monoisotopic (exact) mass is 505 g/mol. The summed E-state index contributed by atoms with van der Waals surface area (Å²) in [4.78, 5) is 8.59. The van der Waals surface area contributed by atoms with Crippen molar-refractivity contribution in [2.24, 2.45) is 0 Å². The zero-order valence-corrected chi connectivity index (χ0v) is 20.8. The van der Waals surface area contributed by atoms with Gasteiger partial charge < -0.3 is 15.2 Å². The Balaban J connectivity index is 1.82. The second kappa shape index (κ2) is 9.67. The van der Waals surface area contributed by atoms with E-state index in [1.165, 1.54) is 24.5 Å². The van der Waals surface area contributed by atoms with Gasteiger partial charge in [-0.25, -0.2) is 19.0 Å². The Hall–Kier alpha value is -5.23. The molecule has 5 rings (SSSR count). The van der Waals surface area contributed by atoms with Crippen LogP contribution < -0.4 is 5.73 Å². The van der Waals surface area contributed by atoms with Crippen LogP contribution in [-0.4, -0.2) is 29.3 Å². The van der Waals surface area contributed by atoms with Crippen LogP contribution >= 0.6 is 0 Å². The van der Waals surface area contributed by atoms with E-state index in [4.69, 9.17) is 10.8 Å². The van der Waals surface area contributed by atoms with Crippen LogP contribution in [-0.2, 0) is 0 Å². The van der Waals surface area contributed by atoms with E-state index in [1.54, 1.807) is 4.68 Å². The number of allylic oxidation sites excluding steroid dienone is 5. The van der Waals surface area contributed by atoms with E-state index in [2.05, 4.69) is 22.6 Å². The summed E-state index contributed by atoms with van der Waals surface area (Å²) in [7, 11) is 0. The largest absolute Gasteiger partial charge is 0.508 e. The van der Waals surface area contributed by atoms with Crippen molar-refractivity contribution in [2.45, 2.75) is 19.9 Å². The normalized spacial score (nSPS) is 13.1. The molecule has 188 valence electrons. The predicted octanol–water partition coefficient (Wildman–Crippen LogP) is 5.82. The lowest BCUT2D eigenvalue weighted by Crippen LogP contribution is -2.11. The first-order valence-corrected chi connectivity index (χ1v) is 11.9. The maximum absolute atomic E-state index is 14.2. The zero-order valence-electron chi connectivity index (χ0n) is 20.8. The van der Waals surface area contributed by atoms with E-state index < -0.39 is 11.9 Å². The Morgan fingerprint density at radius 3 is 2.76 bits per heavy atom. The average Bonchev–Trinajstić information content (AvgIpc) is 3.48. The van der Waals surface area contributed by atoms with Gasteiger partial charge in [-0.1, -0.05) is 30.9 Å². The summed E-state index contributed by atoms with van der Waals surface area (Å²) >= 11 is 0. The number of nitrogen functional groups attached to an aromatic ring is 1. The van der Waals surface area contributed by atoms with Crippen LogP contribution in [0.5, 0.6) is 5.75 Å². The summed E-state index contributed by atoms with van der Waals surface area (Å²) in [5.41, 5.74) is 11.1. The van der Waals surface area contributed by atoms with Crippen molar-refractivity contribution < 1.29 is 9.50 Å². The number of nitriles is 1. The highest BCUT2D eigenvalue weighted by Crippen LogP contribution is 2.38. The number of nitrogens with zero attached hydrogens (tertiary/aromatic N) is 6. The van der Waals surface area contributed by atoms with Gasteiger partial charge in [0.05, 0.1) is 28.8 Å². The Kier molecular flexibility index (Phi) is 6.23. The number of fused-ring (bicyclic) bond motifs is 2. The van der Waals surface area contributed by atoms with E-state index in [-0.39, 0.29) is 11.6 Å². The molecule has 1 atom stereocenters. The van der Waals surface area contributed by atoms with Crippen LogP contribution in [0.4, 0.5) is 10.2 Å². The van der Waals surface area contributed by atoms with Gasteiger partial charge in [0.2, 0.25) is 0 Å². The minimum atomic E-state index is -0.610. The number of phenolic OH excluding ortho intramolecular Hbond substituents is 1. The van der Waals surface area contributed by atoms with Crippen LogP contribution in [0.3, 0.4) is 0 Å². The number of aromatic nitrogens is 5. The maximum atomic E-state index is 14.2. The highest BCUT2D eigenvalue weighted by atomic mass is 19.1. The van der Waals surface area contributed by atoms with E-state index in [0.29, 0.717) is 33.4 Å². The van der Waals surface area contributed by atoms with E-state index in [9.17, 15) is 14.8 Å². The van der Waals surface area contributed by atoms with Gasteiger partial charge in [0, 0.05) is 34.5 Å². The smallest absolute Gasteiger partial charge is 0.164 e. The summed E-state index contributed by atoms with van der Waals surface area (Å²) in [5.74, 6) is -0.661. The SMILES string of the molecule is C=C/C(C#N)=C(\C=C/C)c1c(C(C)n2nc(-c3cc(O)cc(F)c3)c3c(N)ncnc32)cc2ccccn12. The topological polar surface area (TPSA) is 118 Å². The molecule has 0 saturated carbocycles. The minimum absolute atomic E-state index is 0.183. The number of aromatic hydroxyl groups is 1. The van der Waals surface area contributed by atoms with Crippen molar-refractivity contribution in [3.63, 3.8) is 0 Å². The fourth-order valence-electron chi connectivity index (χ4n) is 4.74. The summed E-state index contributed by atoms with van der Waals surface area (Å²) in [6.45, 7) is 7.69. The lowest BCUT2D eigenvalue weighted by atomic mass is 9.98. The molecule has 38 heavy (non-hydrogen) atoms. The number of hydrogen-bond donors (Lipinski definition) is 2. The highest BCUT2D eigenvalue weighted by Gasteiger charge is 2.26. The van der Waals surface area contributed by atoms with Gasteiger partial charge in [-0.3, -0.25) is 0 Å². The van der Waals surface area contributed by atoms with Gasteiger partial charge in [0.1, 0.15) is 29.4 Å². The third kappa shape index (κ3) is 3.98. The van der Waals surface area contributed by atoms with Gasteiger partial charge in [0.15, 0.2) is 5.65 Å². The zero-order chi connectivity index (χ0) is 27.0. The van der Waals surface area contributed by atoms with Crippen LogP contribution in [0.15, 0.2) is 85.4 Å². The standard InChI is InChI=1S/C29H24FN7O/c1-4-8-23(18(5-2)15-31)27-24(14-21-9-6-7-10-36(21)27)17(3)37-29-25(28(32)33-16-34-29)26(35-37)19-11-20(30)13-22(38)12-19/h4-14,16-17,38H,2H2,1,3H3,(H2,32,33,34)/b8-4-,23-18-. The first-order chi connectivity index (χ1) is 18.4. The molecule has 3 N–H and O–H groups in total. The molecule has 0 bridgehead atoms. The van der Waals surface area contributed by atoms with E-state index in [0.717, 1.165) is 22.8 Å². The molecule has 4 heterocycles. The Morgan fingerprint density at radius 2 is 2.05 bits per heavy atom. The third-order valence-electron chi connectivity index (χ3n) is 6.40. The molecule has 0 radical (unpaired) electrons. The molecule has 0 fully saturated rings. The second-order valence-electron chi connectivity index (χ2n) is 8.71. The number of anilines is 1. The number of phenols is 1. The van der Waals surface area contributed by atoms with E-state index >= 15 is 0 Å². The molecule has 0 aliphatic rings. The number of nitrogens with two attached hydrogens (primary N) is 1. The number of halogens is 1. The fourth-order valence-corrected chi connectivity index (χ4v) is 4.74. The van der Waals surface area contributed by atoms with Crippen molar-refractivity contribution in [3.8, 4) is 23.1 Å². The molecular weight excluding hydrogens is 481 g/mol. The van der Waals surface area contributed by atoms with Crippen molar-refractivity contribution in [2.75, 3.05) is 5.73 Å². The molecule has 0 aliphatic heterocycles. The molecule has 0 aliphatic carbocycles. The molecule has 0 saturated heterocycles. The first-order valence-electron chi connectivity index (χ1n) is 11.9. The van der Waals surface area contributed by atoms with Crippen molar-refractivity contribution in [1.29, 1.82) is 5.26 Å². The fraction of sp³-hybridized carbons (Fsp3) is 0.103. The number of benzene rings is 1. The first kappa shape index (κ1) is 24.5. The summed E-state index contributed by atoms with van der Waals surface area (Å²) in [5, 5.41) is 25.2. The molecule has 9 heteroatoms. The molecule has 1 unspecified atom stereocenters. The maximum Gasteiger partial charge on any atom is 0.164 e. The lowest BCUT2D eigenvalue weighted by Gasteiger charge is -2.16. The lowest BCUT2D eigenvalue weighted by molar-refractivity contribution is 0.469. The molecule has 5 aromatic rings. The second-order valence-corrected chi connectivity index (χ2v) is 8.71. The van der Waals surface area contributed by atoms with Gasteiger partial charge >= 0.3 is 0 Å². The molecule has 1 aromatic carbocycles. The molecule has 8 nitrogen and oxygen atoms in total. The molecule has 0 amide bonds. The molecular formula is C29H24FN7O. The van der Waals surface area contributed by atoms with Gasteiger partial charge in [0.25, 0.3) is 0 Å². The quantitative estimate of drug-likeness (QED) is 0.222. The van der Waals surface area contributed by atoms with Crippen molar-refractivity contribution in [3.05, 3.63) is 102 Å². The third-order valence-corrected chi connectivity index (χ3v) is 6.40. The van der Waals surface area contributed by atoms with Gasteiger partial charge in [-0.15, -0.1) is 0 Å². The predicted molar refractivity (Wildman–Crippen MR) is 146 cm³/mol. The van der Waals surface area contributed by atoms with Crippen LogP contribution in [0.1, 0.15) is 31.1 Å². The number of rotatable bonds is 6. The Morgan fingerprint density at radius 1 is 1.24 bits per heavy atom. The van der Waals surface area contributed by atoms with Crippen LogP contribution in [0.25, 0.3) is 33.4 Å². The number of hydrogen-bond acceptors (Lipinski definition) is 6. The van der Waals surface area contributed by atoms with E-state index in [1.807, 2.05) is 60.9 Å². The average molecular weight is 506 g/mol. The summed E-state index contributed by atoms with van der Waals surface area (Å²) < 4.78 is 17.9. The summed E-state index contributed by atoms with van der Waals surface area (Å²) in [6.07, 6.45) is 8.58. The van der Waals surface area contributed by atoms with Crippen molar-refractivity contribution >= 4 is 27.9 Å².